The van der Waals surface area contributed by atoms with Crippen molar-refractivity contribution in [1.29, 1.82) is 0 Å². The number of hydrogen-bond acceptors (Lipinski definition) is 4. The number of carbonyl (C=O) groups is 4. The van der Waals surface area contributed by atoms with Gasteiger partial charge in [-0.3, -0.25) is 19.2 Å². The van der Waals surface area contributed by atoms with Gasteiger partial charge in [0, 0.05) is 5.92 Å². The second-order valence-corrected chi connectivity index (χ2v) is 12.6. The number of amides is 4. The molecule has 0 spiro atoms. The first kappa shape index (κ1) is 34.3. The van der Waals surface area contributed by atoms with Gasteiger partial charge in [0.2, 0.25) is 23.6 Å². The number of allylic oxidation sites excluding steroid dienone is 1. The van der Waals surface area contributed by atoms with Gasteiger partial charge in [-0.15, -0.1) is 0 Å². The largest absolute Gasteiger partial charge is 0.369 e. The van der Waals surface area contributed by atoms with Crippen molar-refractivity contribution in [2.75, 3.05) is 0 Å². The number of benzene rings is 1. The van der Waals surface area contributed by atoms with Gasteiger partial charge in [0.15, 0.2) is 0 Å². The summed E-state index contributed by atoms with van der Waals surface area (Å²) < 4.78 is 0. The maximum atomic E-state index is 13.7. The molecule has 2 aliphatic carbocycles. The lowest BCUT2D eigenvalue weighted by molar-refractivity contribution is -0.138. The van der Waals surface area contributed by atoms with Gasteiger partial charge < -0.3 is 21.7 Å². The Kier molecular flexibility index (Phi) is 14.2. The minimum absolute atomic E-state index is 0.113. The first-order chi connectivity index (χ1) is 20.8. The summed E-state index contributed by atoms with van der Waals surface area (Å²) in [5.41, 5.74) is 5.65. The van der Waals surface area contributed by atoms with E-state index in [1.165, 1.54) is 25.7 Å². The predicted octanol–water partition coefficient (Wildman–Crippen LogP) is 5.25. The van der Waals surface area contributed by atoms with Crippen LogP contribution in [-0.2, 0) is 25.6 Å². The highest BCUT2D eigenvalue weighted by Gasteiger charge is 2.43. The lowest BCUT2D eigenvalue weighted by atomic mass is 9.79. The van der Waals surface area contributed by atoms with Gasteiger partial charge in [-0.25, -0.2) is 0 Å². The van der Waals surface area contributed by atoms with Crippen LogP contribution in [-0.4, -0.2) is 41.3 Å². The third-order valence-electron chi connectivity index (χ3n) is 9.23. The Morgan fingerprint density at radius 2 is 1.63 bits per heavy atom. The van der Waals surface area contributed by atoms with Crippen LogP contribution in [0.4, 0.5) is 0 Å². The Labute approximate surface area is 258 Å². The average molecular weight is 595 g/mol. The van der Waals surface area contributed by atoms with Crippen LogP contribution in [0.5, 0.6) is 0 Å². The van der Waals surface area contributed by atoms with Crippen molar-refractivity contribution in [3.63, 3.8) is 0 Å². The third kappa shape index (κ3) is 10.5. The summed E-state index contributed by atoms with van der Waals surface area (Å²) in [7, 11) is 0. The molecule has 0 saturated heterocycles. The summed E-state index contributed by atoms with van der Waals surface area (Å²) >= 11 is 0. The number of rotatable bonds is 17. The molecule has 2 unspecified atom stereocenters. The van der Waals surface area contributed by atoms with Crippen LogP contribution < -0.4 is 21.7 Å². The summed E-state index contributed by atoms with van der Waals surface area (Å²) in [5.74, 6) is -1.87. The van der Waals surface area contributed by atoms with Crippen LogP contribution in [0.1, 0.15) is 116 Å². The number of unbranched alkanes of at least 4 members (excludes halogenated alkanes) is 5. The topological polar surface area (TPSA) is 130 Å². The second-order valence-electron chi connectivity index (χ2n) is 12.6. The Balaban J connectivity index is 1.68. The minimum atomic E-state index is -1.08. The number of carbonyl (C=O) groups excluding carboxylic acids is 4. The van der Waals surface area contributed by atoms with E-state index in [-0.39, 0.29) is 23.6 Å². The van der Waals surface area contributed by atoms with Crippen molar-refractivity contribution in [1.82, 2.24) is 16.0 Å². The highest BCUT2D eigenvalue weighted by Crippen LogP contribution is 2.30. The van der Waals surface area contributed by atoms with Crippen LogP contribution in [0.2, 0.25) is 0 Å². The van der Waals surface area contributed by atoms with Gasteiger partial charge in [0.1, 0.15) is 11.6 Å². The Morgan fingerprint density at radius 3 is 2.30 bits per heavy atom. The molecule has 238 valence electrons. The summed E-state index contributed by atoms with van der Waals surface area (Å²) in [5, 5.41) is 9.14. The van der Waals surface area contributed by atoms with Crippen molar-refractivity contribution in [2.45, 2.75) is 134 Å². The molecule has 1 aromatic carbocycles. The van der Waals surface area contributed by atoms with Gasteiger partial charge in [0.25, 0.3) is 0 Å². The predicted molar refractivity (Wildman–Crippen MR) is 171 cm³/mol. The monoisotopic (exact) mass is 594 g/mol. The molecular weight excluding hydrogens is 540 g/mol. The normalized spacial score (nSPS) is 20.9. The Bertz CT molecular complexity index is 1070. The van der Waals surface area contributed by atoms with E-state index in [0.29, 0.717) is 32.1 Å². The van der Waals surface area contributed by atoms with E-state index in [1.54, 1.807) is 0 Å². The molecule has 0 aromatic heterocycles. The van der Waals surface area contributed by atoms with Crippen molar-refractivity contribution < 1.29 is 19.2 Å². The molecule has 4 atom stereocenters. The first-order valence-electron chi connectivity index (χ1n) is 16.7. The van der Waals surface area contributed by atoms with Crippen LogP contribution in [0.3, 0.4) is 0 Å². The smallest absolute Gasteiger partial charge is 0.246 e. The molecule has 2 aliphatic rings. The zero-order chi connectivity index (χ0) is 31.1. The van der Waals surface area contributed by atoms with E-state index in [1.807, 2.05) is 49.4 Å². The maximum Gasteiger partial charge on any atom is 0.246 e. The lowest BCUT2D eigenvalue weighted by Crippen LogP contribution is -2.64. The number of hydrogen-bond donors (Lipinski definition) is 4. The van der Waals surface area contributed by atoms with E-state index < -0.39 is 29.4 Å². The number of primary amides is 1. The van der Waals surface area contributed by atoms with E-state index >= 15 is 0 Å². The van der Waals surface area contributed by atoms with Crippen molar-refractivity contribution in [3.8, 4) is 0 Å². The molecule has 1 aromatic rings. The standard InChI is InChI=1S/C35H54N4O4/c1-3-5-6-7-8-13-20-27(25-26-18-11-9-12-19-26)32(41)37-29(4-2)33(42)39-35(23-16-10-17-24-35)34(43)38-30-22-15-14-21-28(30)31(36)40/h9,11-12,15,18-19,22,27-30H,3-8,10,13-14,16-17,20-21,23-25H2,1-2H3,(H2,36,40)(H,37,41)(H,38,43)(H,39,42)/t27?,28-,29-,30?/m0/s1. The molecule has 8 heteroatoms. The van der Waals surface area contributed by atoms with Gasteiger partial charge in [-0.1, -0.05) is 114 Å². The van der Waals surface area contributed by atoms with E-state index in [0.717, 1.165) is 50.5 Å². The van der Waals surface area contributed by atoms with Crippen LogP contribution >= 0.6 is 0 Å². The van der Waals surface area contributed by atoms with Gasteiger partial charge in [0.05, 0.1) is 12.0 Å². The molecule has 0 bridgehead atoms. The van der Waals surface area contributed by atoms with E-state index in [9.17, 15) is 19.2 Å². The Hall–Kier alpha value is -3.16. The third-order valence-corrected chi connectivity index (χ3v) is 9.23. The summed E-state index contributed by atoms with van der Waals surface area (Å²) in [6.45, 7) is 4.08. The first-order valence-corrected chi connectivity index (χ1v) is 16.7. The zero-order valence-corrected chi connectivity index (χ0v) is 26.4. The quantitative estimate of drug-likeness (QED) is 0.145. The summed E-state index contributed by atoms with van der Waals surface area (Å²) in [6, 6.07) is 8.80. The highest BCUT2D eigenvalue weighted by molar-refractivity contribution is 5.95. The van der Waals surface area contributed by atoms with Crippen molar-refractivity contribution >= 4 is 23.6 Å². The van der Waals surface area contributed by atoms with Crippen LogP contribution in [0.25, 0.3) is 0 Å². The van der Waals surface area contributed by atoms with Gasteiger partial charge in [-0.05, 0) is 50.5 Å². The molecule has 1 saturated carbocycles. The number of nitrogens with two attached hydrogens (primary N) is 1. The number of nitrogens with one attached hydrogen (secondary N) is 3. The lowest BCUT2D eigenvalue weighted by Gasteiger charge is -2.39. The van der Waals surface area contributed by atoms with Crippen molar-refractivity contribution in [3.05, 3.63) is 48.0 Å². The fraction of sp³-hybridized carbons (Fsp3) is 0.657. The summed E-state index contributed by atoms with van der Waals surface area (Å²) in [6.07, 6.45) is 17.5. The molecule has 0 radical (unpaired) electrons. The average Bonchev–Trinajstić information content (AvgIpc) is 3.01. The van der Waals surface area contributed by atoms with Gasteiger partial charge in [-0.2, -0.15) is 0 Å². The molecule has 1 fully saturated rings. The second kappa shape index (κ2) is 17.8. The molecule has 0 heterocycles. The van der Waals surface area contributed by atoms with E-state index in [4.69, 9.17) is 5.73 Å². The molecule has 8 nitrogen and oxygen atoms in total. The molecule has 43 heavy (non-hydrogen) atoms. The van der Waals surface area contributed by atoms with E-state index in [2.05, 4.69) is 22.9 Å². The van der Waals surface area contributed by atoms with Crippen LogP contribution in [0.15, 0.2) is 42.5 Å². The zero-order valence-electron chi connectivity index (χ0n) is 26.4. The fourth-order valence-corrected chi connectivity index (χ4v) is 6.51. The SMILES string of the molecule is CCCCCCCCC(Cc1ccccc1)C(=O)N[C@@H](CC)C(=O)NC1(C(=O)NC2C=CCC[C@@H]2C(N)=O)CCCCC1. The van der Waals surface area contributed by atoms with Crippen LogP contribution in [0, 0.1) is 11.8 Å². The molecule has 3 rings (SSSR count). The van der Waals surface area contributed by atoms with Crippen molar-refractivity contribution in [2.24, 2.45) is 17.6 Å². The maximum absolute atomic E-state index is 13.7. The molecule has 0 aliphatic heterocycles. The summed E-state index contributed by atoms with van der Waals surface area (Å²) in [4.78, 5) is 53.1. The molecular formula is C35H54N4O4. The van der Waals surface area contributed by atoms with Gasteiger partial charge >= 0.3 is 0 Å². The molecule has 5 N–H and O–H groups in total. The fourth-order valence-electron chi connectivity index (χ4n) is 6.51. The Morgan fingerprint density at radius 1 is 0.930 bits per heavy atom. The highest BCUT2D eigenvalue weighted by atomic mass is 16.2. The minimum Gasteiger partial charge on any atom is -0.369 e. The molecule has 4 amide bonds.